The summed E-state index contributed by atoms with van der Waals surface area (Å²) in [5, 5.41) is 0. The Morgan fingerprint density at radius 1 is 0.457 bits per heavy atom. The highest BCUT2D eigenvalue weighted by Crippen LogP contribution is 2.59. The zero-order valence-corrected chi connectivity index (χ0v) is 47.1. The molecule has 0 amide bonds. The Morgan fingerprint density at radius 3 is 1.59 bits per heavy atom. The third kappa shape index (κ3) is 7.12. The number of fused-ring (bicyclic) bond motifs is 8. The fourth-order valence-corrected chi connectivity index (χ4v) is 15.3. The molecule has 0 radical (unpaired) electrons. The molecule has 0 N–H and O–H groups in total. The lowest BCUT2D eigenvalue weighted by Crippen LogP contribution is -2.61. The average molecular weight is 945 g/mol. The van der Waals surface area contributed by atoms with Crippen molar-refractivity contribution in [1.29, 1.82) is 0 Å². The van der Waals surface area contributed by atoms with Crippen LogP contribution in [0.15, 0.2) is 91.0 Å². The Morgan fingerprint density at radius 2 is 0.986 bits per heavy atom. The van der Waals surface area contributed by atoms with Crippen LogP contribution in [-0.4, -0.2) is 6.71 Å². The second-order valence-electron chi connectivity index (χ2n) is 28.6. The van der Waals surface area contributed by atoms with Gasteiger partial charge in [0, 0.05) is 38.0 Å². The first-order valence-corrected chi connectivity index (χ1v) is 27.7. The van der Waals surface area contributed by atoms with Gasteiger partial charge in [-0.1, -0.05) is 173 Å². The Labute approximate surface area is 427 Å². The first kappa shape index (κ1) is 47.8. The molecule has 11 rings (SSSR count). The van der Waals surface area contributed by atoms with Gasteiger partial charge in [-0.15, -0.1) is 0 Å². The molecule has 6 aromatic rings. The summed E-state index contributed by atoms with van der Waals surface area (Å²) in [5.74, 6) is 0. The number of anilines is 6. The quantitative estimate of drug-likeness (QED) is 0.163. The van der Waals surface area contributed by atoms with E-state index in [0.717, 1.165) is 0 Å². The molecule has 1 aromatic heterocycles. The summed E-state index contributed by atoms with van der Waals surface area (Å²) in [5.41, 5.74) is 24.2. The summed E-state index contributed by atoms with van der Waals surface area (Å²) in [6.45, 7) is 44.6. The molecule has 2 aliphatic heterocycles. The van der Waals surface area contributed by atoms with Crippen LogP contribution in [0.25, 0.3) is 11.1 Å². The Balaban J connectivity index is 1.33. The highest BCUT2D eigenvalue weighted by atomic mass is 32.1. The molecule has 0 bridgehead atoms. The van der Waals surface area contributed by atoms with Gasteiger partial charge in [0.15, 0.2) is 0 Å². The first-order chi connectivity index (χ1) is 32.4. The standard InChI is InChI=1S/C66H81BN2S/c1-59(2,3)41-24-27-50(44(34-41)40-22-20-19-21-23-40)69-51-39-48-47(63(11,12)30-31-64(48,13)14)38-49(51)67-55-52(35-42(36-53(55)69)60(4,5)6)68(43-25-26-45-46(37-43)62(9,10)29-28-61(45,7)8)56-54-57(70-58(56)67)66(17,18)33-32-65(54,15)16/h19-27,34-39H,28-33H2,1-18H3. The van der Waals surface area contributed by atoms with Crippen molar-refractivity contribution in [3.8, 4) is 11.1 Å². The molecule has 0 saturated carbocycles. The van der Waals surface area contributed by atoms with Crippen molar-refractivity contribution in [2.45, 2.75) is 206 Å². The zero-order chi connectivity index (χ0) is 50.3. The molecule has 5 aromatic carbocycles. The third-order valence-corrected chi connectivity index (χ3v) is 20.3. The van der Waals surface area contributed by atoms with Gasteiger partial charge < -0.3 is 9.80 Å². The lowest BCUT2D eigenvalue weighted by molar-refractivity contribution is 0.332. The summed E-state index contributed by atoms with van der Waals surface area (Å²) in [7, 11) is 0. The van der Waals surface area contributed by atoms with Gasteiger partial charge in [-0.3, -0.25) is 0 Å². The molecule has 0 saturated heterocycles. The molecule has 364 valence electrons. The van der Waals surface area contributed by atoms with Crippen LogP contribution in [0.1, 0.15) is 207 Å². The van der Waals surface area contributed by atoms with E-state index in [4.69, 9.17) is 0 Å². The molecule has 4 heteroatoms. The van der Waals surface area contributed by atoms with Crippen molar-refractivity contribution in [2.24, 2.45) is 0 Å². The molecule has 0 unspecified atom stereocenters. The number of hydrogen-bond donors (Lipinski definition) is 0. The molecule has 5 aliphatic rings. The summed E-state index contributed by atoms with van der Waals surface area (Å²) in [6.07, 6.45) is 7.13. The number of thiophene rings is 1. The van der Waals surface area contributed by atoms with Crippen molar-refractivity contribution in [1.82, 2.24) is 0 Å². The molecular formula is C66H81BN2S. The van der Waals surface area contributed by atoms with Crippen molar-refractivity contribution >= 4 is 67.9 Å². The van der Waals surface area contributed by atoms with Gasteiger partial charge in [0.1, 0.15) is 0 Å². The third-order valence-electron chi connectivity index (χ3n) is 18.7. The van der Waals surface area contributed by atoms with Gasteiger partial charge in [0.25, 0.3) is 6.71 Å². The van der Waals surface area contributed by atoms with Gasteiger partial charge >= 0.3 is 0 Å². The maximum Gasteiger partial charge on any atom is 0.264 e. The Bertz CT molecular complexity index is 3140. The summed E-state index contributed by atoms with van der Waals surface area (Å²) >= 11 is 2.16. The van der Waals surface area contributed by atoms with Crippen LogP contribution in [0.5, 0.6) is 0 Å². The SMILES string of the molecule is CC(C)(C)c1ccc(N2c3cc4c(cc3B3c5sc6c(c5N(c5ccc7c(c5)C(C)(C)CCC7(C)C)c5cc(C(C)(C)C)cc2c53)C(C)(C)CCC6(C)C)C(C)(C)CCC4(C)C)c(-c2ccccc2)c1. The van der Waals surface area contributed by atoms with E-state index in [1.54, 1.807) is 10.4 Å². The van der Waals surface area contributed by atoms with Crippen molar-refractivity contribution in [3.05, 3.63) is 135 Å². The van der Waals surface area contributed by atoms with Crippen molar-refractivity contribution in [3.63, 3.8) is 0 Å². The van der Waals surface area contributed by atoms with E-state index >= 15 is 0 Å². The van der Waals surface area contributed by atoms with E-state index in [1.807, 2.05) is 0 Å². The van der Waals surface area contributed by atoms with E-state index in [-0.39, 0.29) is 50.0 Å². The van der Waals surface area contributed by atoms with Crippen LogP contribution >= 0.6 is 11.3 Å². The zero-order valence-electron chi connectivity index (χ0n) is 46.3. The van der Waals surface area contributed by atoms with E-state index in [2.05, 4.69) is 237 Å². The fourth-order valence-electron chi connectivity index (χ4n) is 13.6. The minimum Gasteiger partial charge on any atom is -0.311 e. The van der Waals surface area contributed by atoms with E-state index in [0.29, 0.717) is 0 Å². The summed E-state index contributed by atoms with van der Waals surface area (Å²) < 4.78 is 1.53. The summed E-state index contributed by atoms with van der Waals surface area (Å²) in [4.78, 5) is 7.18. The normalized spacial score (nSPS) is 20.7. The first-order valence-electron chi connectivity index (χ1n) is 26.9. The van der Waals surface area contributed by atoms with Gasteiger partial charge in [-0.2, -0.15) is 11.3 Å². The van der Waals surface area contributed by atoms with Crippen LogP contribution in [0.3, 0.4) is 0 Å². The minimum absolute atomic E-state index is 0.00934. The van der Waals surface area contributed by atoms with E-state index in [9.17, 15) is 0 Å². The number of rotatable bonds is 3. The van der Waals surface area contributed by atoms with Crippen molar-refractivity contribution in [2.75, 3.05) is 9.80 Å². The fraction of sp³-hybridized carbons (Fsp3) is 0.485. The maximum absolute atomic E-state index is 2.83. The van der Waals surface area contributed by atoms with Gasteiger partial charge in [-0.05, 0) is 180 Å². The summed E-state index contributed by atoms with van der Waals surface area (Å²) in [6, 6.07) is 37.1. The number of benzene rings is 5. The van der Waals surface area contributed by atoms with Crippen molar-refractivity contribution < 1.29 is 0 Å². The molecule has 3 aliphatic carbocycles. The molecule has 70 heavy (non-hydrogen) atoms. The predicted molar refractivity (Wildman–Crippen MR) is 307 cm³/mol. The van der Waals surface area contributed by atoms with E-state index in [1.165, 1.54) is 133 Å². The smallest absolute Gasteiger partial charge is 0.264 e. The lowest BCUT2D eigenvalue weighted by Gasteiger charge is -2.48. The number of hydrogen-bond acceptors (Lipinski definition) is 3. The molecule has 2 nitrogen and oxygen atoms in total. The van der Waals surface area contributed by atoms with Gasteiger partial charge in [-0.25, -0.2) is 0 Å². The second kappa shape index (κ2) is 15.0. The van der Waals surface area contributed by atoms with Crippen LogP contribution < -0.4 is 25.5 Å². The maximum atomic E-state index is 2.83. The molecule has 3 heterocycles. The van der Waals surface area contributed by atoms with Crippen LogP contribution in [-0.2, 0) is 43.3 Å². The predicted octanol–water partition coefficient (Wildman–Crippen LogP) is 17.1. The average Bonchev–Trinajstić information content (AvgIpc) is 3.70. The van der Waals surface area contributed by atoms with E-state index < -0.39 is 0 Å². The molecule has 0 fully saturated rings. The monoisotopic (exact) mass is 945 g/mol. The molecule has 0 spiro atoms. The second-order valence-corrected chi connectivity index (χ2v) is 29.7. The topological polar surface area (TPSA) is 6.48 Å². The Hall–Kier alpha value is -4.54. The molecule has 0 atom stereocenters. The largest absolute Gasteiger partial charge is 0.311 e. The highest BCUT2D eigenvalue weighted by Gasteiger charge is 2.53. The molecular weight excluding hydrogens is 864 g/mol. The van der Waals surface area contributed by atoms with Crippen LogP contribution in [0.2, 0.25) is 0 Å². The van der Waals surface area contributed by atoms with Crippen LogP contribution in [0.4, 0.5) is 34.1 Å². The van der Waals surface area contributed by atoms with Gasteiger partial charge in [0.05, 0.1) is 11.4 Å². The van der Waals surface area contributed by atoms with Crippen LogP contribution in [0, 0.1) is 0 Å². The highest BCUT2D eigenvalue weighted by molar-refractivity contribution is 7.29. The number of nitrogens with zero attached hydrogens (tertiary/aromatic N) is 2. The Kier molecular flexibility index (Phi) is 10.3. The lowest BCUT2D eigenvalue weighted by atomic mass is 9.35. The van der Waals surface area contributed by atoms with Gasteiger partial charge in [0.2, 0.25) is 0 Å². The minimum atomic E-state index is -0.115.